The molecule has 1 aliphatic heterocycles. The molecule has 0 radical (unpaired) electrons. The van der Waals surface area contributed by atoms with Gasteiger partial charge >= 0.3 is 0 Å². The molecular formula is C22H23N3O2S. The molecule has 3 aromatic rings. The van der Waals surface area contributed by atoms with Crippen LogP contribution in [0, 0.1) is 13.8 Å². The van der Waals surface area contributed by atoms with E-state index in [4.69, 9.17) is 4.42 Å². The number of benzene rings is 2. The first-order valence-corrected chi connectivity index (χ1v) is 10.3. The molecule has 6 heteroatoms. The molecule has 1 amide bonds. The Morgan fingerprint density at radius 3 is 2.64 bits per heavy atom. The monoisotopic (exact) mass is 393 g/mol. The lowest BCUT2D eigenvalue weighted by Gasteiger charge is -2.25. The molecule has 0 saturated heterocycles. The van der Waals surface area contributed by atoms with E-state index in [0.717, 1.165) is 28.8 Å². The number of carbonyl (C=O) groups excluding carboxylic acids is 1. The van der Waals surface area contributed by atoms with Gasteiger partial charge in [0.15, 0.2) is 0 Å². The van der Waals surface area contributed by atoms with Crippen LogP contribution in [0.2, 0.25) is 0 Å². The molecule has 0 unspecified atom stereocenters. The minimum Gasteiger partial charge on any atom is -0.411 e. The molecule has 4 rings (SSSR count). The van der Waals surface area contributed by atoms with E-state index in [1.165, 1.54) is 17.3 Å². The smallest absolute Gasteiger partial charge is 0.277 e. The van der Waals surface area contributed by atoms with Crippen LogP contribution in [0.5, 0.6) is 0 Å². The molecule has 0 bridgehead atoms. The van der Waals surface area contributed by atoms with Gasteiger partial charge in [-0.15, -0.1) is 10.2 Å². The van der Waals surface area contributed by atoms with Gasteiger partial charge in [0.05, 0.1) is 5.25 Å². The van der Waals surface area contributed by atoms with Crippen molar-refractivity contribution in [1.82, 2.24) is 10.2 Å². The normalized spacial score (nSPS) is 16.9. The number of nitrogens with zero attached hydrogens (tertiary/aromatic N) is 3. The summed E-state index contributed by atoms with van der Waals surface area (Å²) < 4.78 is 5.83. The Kier molecular flexibility index (Phi) is 4.98. The van der Waals surface area contributed by atoms with Gasteiger partial charge in [0.25, 0.3) is 5.22 Å². The van der Waals surface area contributed by atoms with E-state index in [2.05, 4.69) is 29.3 Å². The lowest BCUT2D eigenvalue weighted by atomic mass is 10.1. The molecule has 1 aromatic heterocycles. The maximum atomic E-state index is 13.1. The fraction of sp³-hybridized carbons (Fsp3) is 0.318. The number of para-hydroxylation sites is 1. The van der Waals surface area contributed by atoms with E-state index < -0.39 is 0 Å². The van der Waals surface area contributed by atoms with Crippen LogP contribution in [0.15, 0.2) is 52.1 Å². The first-order chi connectivity index (χ1) is 13.4. The lowest BCUT2D eigenvalue weighted by molar-refractivity contribution is -0.118. The van der Waals surface area contributed by atoms with Crippen LogP contribution in [0.25, 0.3) is 11.5 Å². The number of hydrogen-bond donors (Lipinski definition) is 0. The second kappa shape index (κ2) is 7.43. The third kappa shape index (κ3) is 3.56. The van der Waals surface area contributed by atoms with E-state index in [9.17, 15) is 4.79 Å². The molecule has 2 heterocycles. The first kappa shape index (κ1) is 18.7. The van der Waals surface area contributed by atoms with Gasteiger partial charge in [-0.05, 0) is 57.9 Å². The summed E-state index contributed by atoms with van der Waals surface area (Å²) in [6, 6.07) is 14.4. The van der Waals surface area contributed by atoms with Gasteiger partial charge in [0.2, 0.25) is 11.8 Å². The van der Waals surface area contributed by atoms with Crippen molar-refractivity contribution >= 4 is 23.4 Å². The molecule has 0 saturated carbocycles. The highest BCUT2D eigenvalue weighted by Gasteiger charge is 2.34. The van der Waals surface area contributed by atoms with Gasteiger partial charge in [0.1, 0.15) is 0 Å². The average Bonchev–Trinajstić information content (AvgIpc) is 3.23. The molecule has 144 valence electrons. The highest BCUT2D eigenvalue weighted by atomic mass is 32.2. The van der Waals surface area contributed by atoms with Gasteiger partial charge in [-0.25, -0.2) is 0 Å². The summed E-state index contributed by atoms with van der Waals surface area (Å²) in [5.74, 6) is 0.544. The minimum absolute atomic E-state index is 0.0635. The molecule has 0 N–H and O–H groups in total. The summed E-state index contributed by atoms with van der Waals surface area (Å²) in [5.41, 5.74) is 5.42. The summed E-state index contributed by atoms with van der Waals surface area (Å²) in [6.07, 6.45) is 0.886. The SMILES string of the molecule is Cc1cc(C)cc(-c2nnc(S[C@H](C)C(=O)N3c4ccccc4C[C@@H]3C)o2)c1. The predicted octanol–water partition coefficient (Wildman–Crippen LogP) is 4.81. The zero-order chi connectivity index (χ0) is 19.8. The zero-order valence-electron chi connectivity index (χ0n) is 16.5. The zero-order valence-corrected chi connectivity index (χ0v) is 17.3. The van der Waals surface area contributed by atoms with Gasteiger partial charge in [-0.3, -0.25) is 4.79 Å². The van der Waals surface area contributed by atoms with Crippen molar-refractivity contribution in [3.05, 3.63) is 59.2 Å². The van der Waals surface area contributed by atoms with E-state index in [1.54, 1.807) is 0 Å². The van der Waals surface area contributed by atoms with Crippen molar-refractivity contribution in [3.8, 4) is 11.5 Å². The van der Waals surface area contributed by atoms with E-state index in [0.29, 0.717) is 11.1 Å². The molecule has 1 aliphatic rings. The van der Waals surface area contributed by atoms with E-state index in [1.807, 2.05) is 56.0 Å². The quantitative estimate of drug-likeness (QED) is 0.595. The first-order valence-electron chi connectivity index (χ1n) is 9.42. The summed E-state index contributed by atoms with van der Waals surface area (Å²) in [5, 5.41) is 8.40. The standard InChI is InChI=1S/C22H23N3O2S/c1-13-9-14(2)11-18(10-13)20-23-24-22(27-20)28-16(4)21(26)25-15(3)12-17-7-5-6-8-19(17)25/h5-11,15-16H,12H2,1-4H3/t15-,16+/m0/s1. The van der Waals surface area contributed by atoms with Crippen molar-refractivity contribution in [2.45, 2.75) is 50.6 Å². The van der Waals surface area contributed by atoms with Gasteiger partial charge in [-0.2, -0.15) is 0 Å². The Morgan fingerprint density at radius 2 is 1.89 bits per heavy atom. The lowest BCUT2D eigenvalue weighted by Crippen LogP contribution is -2.40. The Morgan fingerprint density at radius 1 is 1.18 bits per heavy atom. The highest BCUT2D eigenvalue weighted by Crippen LogP contribution is 2.35. The minimum atomic E-state index is -0.318. The Balaban J connectivity index is 1.51. The van der Waals surface area contributed by atoms with Crippen molar-refractivity contribution in [2.75, 3.05) is 4.90 Å². The molecule has 28 heavy (non-hydrogen) atoms. The van der Waals surface area contributed by atoms with Crippen molar-refractivity contribution in [2.24, 2.45) is 0 Å². The van der Waals surface area contributed by atoms with Gasteiger partial charge in [0, 0.05) is 17.3 Å². The van der Waals surface area contributed by atoms with Crippen LogP contribution in [-0.4, -0.2) is 27.4 Å². The molecule has 2 aromatic carbocycles. The second-order valence-corrected chi connectivity index (χ2v) is 8.69. The Bertz CT molecular complexity index is 1010. The predicted molar refractivity (Wildman–Crippen MR) is 112 cm³/mol. The number of amides is 1. The fourth-order valence-electron chi connectivity index (χ4n) is 3.77. The molecule has 0 aliphatic carbocycles. The number of thioether (sulfide) groups is 1. The summed E-state index contributed by atoms with van der Waals surface area (Å²) >= 11 is 1.31. The van der Waals surface area contributed by atoms with Crippen LogP contribution in [-0.2, 0) is 11.2 Å². The number of anilines is 1. The van der Waals surface area contributed by atoms with Crippen molar-refractivity contribution in [3.63, 3.8) is 0 Å². The molecular weight excluding hydrogens is 370 g/mol. The van der Waals surface area contributed by atoms with Crippen LogP contribution >= 0.6 is 11.8 Å². The molecule has 5 nitrogen and oxygen atoms in total. The molecule has 0 fully saturated rings. The van der Waals surface area contributed by atoms with E-state index >= 15 is 0 Å². The largest absolute Gasteiger partial charge is 0.411 e. The van der Waals surface area contributed by atoms with Crippen LogP contribution in [0.1, 0.15) is 30.5 Å². The number of carbonyl (C=O) groups is 1. The van der Waals surface area contributed by atoms with Crippen LogP contribution < -0.4 is 4.90 Å². The number of hydrogen-bond acceptors (Lipinski definition) is 5. The molecule has 2 atom stereocenters. The van der Waals surface area contributed by atoms with Crippen molar-refractivity contribution < 1.29 is 9.21 Å². The Hall–Kier alpha value is -2.60. The summed E-state index contributed by atoms with van der Waals surface area (Å²) in [7, 11) is 0. The van der Waals surface area contributed by atoms with Crippen LogP contribution in [0.4, 0.5) is 5.69 Å². The summed E-state index contributed by atoms with van der Waals surface area (Å²) in [4.78, 5) is 15.0. The molecule has 0 spiro atoms. The third-order valence-corrected chi connectivity index (χ3v) is 5.87. The summed E-state index contributed by atoms with van der Waals surface area (Å²) in [6.45, 7) is 8.05. The maximum Gasteiger partial charge on any atom is 0.277 e. The topological polar surface area (TPSA) is 59.2 Å². The van der Waals surface area contributed by atoms with Crippen LogP contribution in [0.3, 0.4) is 0 Å². The fourth-order valence-corrected chi connectivity index (χ4v) is 4.50. The van der Waals surface area contributed by atoms with Gasteiger partial charge < -0.3 is 9.32 Å². The highest BCUT2D eigenvalue weighted by molar-refractivity contribution is 8.00. The average molecular weight is 394 g/mol. The van der Waals surface area contributed by atoms with E-state index in [-0.39, 0.29) is 17.2 Å². The second-order valence-electron chi connectivity index (χ2n) is 7.40. The number of aryl methyl sites for hydroxylation is 2. The third-order valence-electron chi connectivity index (χ3n) is 4.95. The number of rotatable bonds is 4. The Labute approximate surface area is 169 Å². The number of aromatic nitrogens is 2. The van der Waals surface area contributed by atoms with Crippen molar-refractivity contribution in [1.29, 1.82) is 0 Å². The maximum absolute atomic E-state index is 13.1. The number of fused-ring (bicyclic) bond motifs is 1. The van der Waals surface area contributed by atoms with Gasteiger partial charge in [-0.1, -0.05) is 47.2 Å².